The molecule has 1 aromatic rings. The zero-order valence-corrected chi connectivity index (χ0v) is 12.9. The maximum Gasteiger partial charge on any atom is 0.0713 e. The normalized spacial score (nSPS) is 20.2. The molecule has 1 fully saturated rings. The Morgan fingerprint density at radius 3 is 2.95 bits per heavy atom. The number of hydrogen-bond acceptors (Lipinski definition) is 3. The van der Waals surface area contributed by atoms with Gasteiger partial charge in [0.15, 0.2) is 0 Å². The van der Waals surface area contributed by atoms with E-state index in [9.17, 15) is 0 Å². The molecule has 3 nitrogen and oxygen atoms in total. The summed E-state index contributed by atoms with van der Waals surface area (Å²) in [6, 6.07) is 9.41. The number of methoxy groups -OCH3 is 1. The third-order valence-corrected chi connectivity index (χ3v) is 4.21. The van der Waals surface area contributed by atoms with Crippen LogP contribution in [-0.2, 0) is 17.9 Å². The van der Waals surface area contributed by atoms with Gasteiger partial charge in [0.25, 0.3) is 0 Å². The molecule has 0 saturated carbocycles. The highest BCUT2D eigenvalue weighted by Gasteiger charge is 2.17. The second-order valence-electron chi connectivity index (χ2n) is 5.85. The fraction of sp³-hybridized carbons (Fsp3) is 0.647. The fourth-order valence-corrected chi connectivity index (χ4v) is 3.01. The van der Waals surface area contributed by atoms with Crippen molar-refractivity contribution in [2.45, 2.75) is 44.9 Å². The molecule has 2 rings (SSSR count). The van der Waals surface area contributed by atoms with Crippen LogP contribution in [0, 0.1) is 0 Å². The maximum absolute atomic E-state index is 5.17. The zero-order chi connectivity index (χ0) is 14.2. The Hall–Kier alpha value is -0.900. The molecule has 0 aliphatic carbocycles. The summed E-state index contributed by atoms with van der Waals surface area (Å²) in [5.74, 6) is 0. The van der Waals surface area contributed by atoms with E-state index >= 15 is 0 Å². The lowest BCUT2D eigenvalue weighted by Crippen LogP contribution is -2.38. The van der Waals surface area contributed by atoms with E-state index in [2.05, 4.69) is 41.5 Å². The van der Waals surface area contributed by atoms with Crippen molar-refractivity contribution < 1.29 is 4.74 Å². The van der Waals surface area contributed by atoms with Gasteiger partial charge in [-0.2, -0.15) is 0 Å². The van der Waals surface area contributed by atoms with Gasteiger partial charge in [0.05, 0.1) is 6.61 Å². The quantitative estimate of drug-likeness (QED) is 0.775. The van der Waals surface area contributed by atoms with Gasteiger partial charge in [-0.1, -0.05) is 30.7 Å². The first-order valence-corrected chi connectivity index (χ1v) is 7.77. The Bertz CT molecular complexity index is 394. The van der Waals surface area contributed by atoms with Crippen LogP contribution in [-0.4, -0.2) is 38.2 Å². The van der Waals surface area contributed by atoms with Crippen LogP contribution in [0.25, 0.3) is 0 Å². The van der Waals surface area contributed by atoms with Crippen LogP contribution in [0.5, 0.6) is 0 Å². The molecular weight excluding hydrogens is 248 g/mol. The molecule has 1 atom stereocenters. The van der Waals surface area contributed by atoms with Crippen molar-refractivity contribution in [3.8, 4) is 0 Å². The molecular formula is C17H28N2O. The molecule has 1 unspecified atom stereocenters. The summed E-state index contributed by atoms with van der Waals surface area (Å²) in [7, 11) is 4.00. The molecule has 1 aliphatic heterocycles. The van der Waals surface area contributed by atoms with Crippen LogP contribution in [0.4, 0.5) is 0 Å². The number of ether oxygens (including phenoxy) is 1. The van der Waals surface area contributed by atoms with Gasteiger partial charge in [-0.15, -0.1) is 0 Å². The van der Waals surface area contributed by atoms with Crippen molar-refractivity contribution >= 4 is 0 Å². The number of nitrogens with zero attached hydrogens (tertiary/aromatic N) is 1. The lowest BCUT2D eigenvalue weighted by Gasteiger charge is -2.32. The number of piperidine rings is 1. The SMILES string of the molecule is COCc1cccc(CNCCC2CCCCN2C)c1. The molecule has 20 heavy (non-hydrogen) atoms. The summed E-state index contributed by atoms with van der Waals surface area (Å²) in [4.78, 5) is 2.52. The van der Waals surface area contributed by atoms with E-state index in [1.165, 1.54) is 43.4 Å². The molecule has 0 amide bonds. The Kier molecular flexibility index (Phi) is 6.51. The van der Waals surface area contributed by atoms with Gasteiger partial charge in [0.2, 0.25) is 0 Å². The average Bonchev–Trinajstić information content (AvgIpc) is 2.46. The highest BCUT2D eigenvalue weighted by Crippen LogP contribution is 2.17. The standard InChI is InChI=1S/C17H28N2O/c1-19-11-4-3-8-17(19)9-10-18-13-15-6-5-7-16(12-15)14-20-2/h5-7,12,17-18H,3-4,8-11,13-14H2,1-2H3. The Morgan fingerprint density at radius 2 is 2.15 bits per heavy atom. The minimum atomic E-state index is 0.695. The van der Waals surface area contributed by atoms with Gasteiger partial charge in [-0.3, -0.25) is 0 Å². The highest BCUT2D eigenvalue weighted by atomic mass is 16.5. The van der Waals surface area contributed by atoms with Crippen molar-refractivity contribution in [3.05, 3.63) is 35.4 Å². The maximum atomic E-state index is 5.17. The van der Waals surface area contributed by atoms with Gasteiger partial charge in [0, 0.05) is 19.7 Å². The minimum absolute atomic E-state index is 0.695. The number of hydrogen-bond donors (Lipinski definition) is 1. The first-order chi connectivity index (χ1) is 9.79. The number of rotatable bonds is 7. The summed E-state index contributed by atoms with van der Waals surface area (Å²) in [6.07, 6.45) is 5.39. The van der Waals surface area contributed by atoms with E-state index in [0.29, 0.717) is 6.61 Å². The van der Waals surface area contributed by atoms with E-state index in [1.807, 2.05) is 0 Å². The molecule has 0 bridgehead atoms. The van der Waals surface area contributed by atoms with E-state index < -0.39 is 0 Å². The van der Waals surface area contributed by atoms with Crippen LogP contribution >= 0.6 is 0 Å². The summed E-state index contributed by atoms with van der Waals surface area (Å²) in [6.45, 7) is 4.02. The van der Waals surface area contributed by atoms with Gasteiger partial charge >= 0.3 is 0 Å². The van der Waals surface area contributed by atoms with Crippen molar-refractivity contribution in [1.29, 1.82) is 0 Å². The molecule has 1 aliphatic rings. The van der Waals surface area contributed by atoms with Crippen molar-refractivity contribution in [2.24, 2.45) is 0 Å². The Balaban J connectivity index is 1.68. The third-order valence-electron chi connectivity index (χ3n) is 4.21. The van der Waals surface area contributed by atoms with E-state index in [-0.39, 0.29) is 0 Å². The van der Waals surface area contributed by atoms with Crippen LogP contribution in [0.3, 0.4) is 0 Å². The molecule has 112 valence electrons. The monoisotopic (exact) mass is 276 g/mol. The average molecular weight is 276 g/mol. The molecule has 1 saturated heterocycles. The predicted molar refractivity (Wildman–Crippen MR) is 83.7 cm³/mol. The van der Waals surface area contributed by atoms with Gasteiger partial charge in [-0.25, -0.2) is 0 Å². The molecule has 3 heteroatoms. The van der Waals surface area contributed by atoms with E-state index in [1.54, 1.807) is 7.11 Å². The Labute approximate surface area is 123 Å². The van der Waals surface area contributed by atoms with Crippen molar-refractivity contribution in [3.63, 3.8) is 0 Å². The second-order valence-corrected chi connectivity index (χ2v) is 5.85. The van der Waals surface area contributed by atoms with Crippen LogP contribution in [0.1, 0.15) is 36.8 Å². The minimum Gasteiger partial charge on any atom is -0.380 e. The topological polar surface area (TPSA) is 24.5 Å². The van der Waals surface area contributed by atoms with Crippen LogP contribution in [0.2, 0.25) is 0 Å². The van der Waals surface area contributed by atoms with Gasteiger partial charge in [0.1, 0.15) is 0 Å². The molecule has 0 spiro atoms. The lowest BCUT2D eigenvalue weighted by molar-refractivity contribution is 0.175. The highest BCUT2D eigenvalue weighted by molar-refractivity contribution is 5.22. The van der Waals surface area contributed by atoms with Crippen molar-refractivity contribution in [1.82, 2.24) is 10.2 Å². The van der Waals surface area contributed by atoms with Gasteiger partial charge < -0.3 is 15.0 Å². The Morgan fingerprint density at radius 1 is 1.30 bits per heavy atom. The van der Waals surface area contributed by atoms with Gasteiger partial charge in [-0.05, 0) is 50.5 Å². The number of benzene rings is 1. The largest absolute Gasteiger partial charge is 0.380 e. The van der Waals surface area contributed by atoms with Crippen LogP contribution in [0.15, 0.2) is 24.3 Å². The van der Waals surface area contributed by atoms with E-state index in [0.717, 1.165) is 19.1 Å². The summed E-state index contributed by atoms with van der Waals surface area (Å²) in [5.41, 5.74) is 2.59. The smallest absolute Gasteiger partial charge is 0.0713 e. The lowest BCUT2D eigenvalue weighted by atomic mass is 10.0. The molecule has 1 N–H and O–H groups in total. The van der Waals surface area contributed by atoms with E-state index in [4.69, 9.17) is 4.74 Å². The molecule has 0 radical (unpaired) electrons. The molecule has 0 aromatic heterocycles. The first-order valence-electron chi connectivity index (χ1n) is 7.77. The fourth-order valence-electron chi connectivity index (χ4n) is 3.01. The summed E-state index contributed by atoms with van der Waals surface area (Å²) in [5, 5.41) is 3.57. The number of nitrogens with one attached hydrogen (secondary N) is 1. The molecule has 1 aromatic carbocycles. The summed E-state index contributed by atoms with van der Waals surface area (Å²) < 4.78 is 5.17. The first kappa shape index (κ1) is 15.5. The number of likely N-dealkylation sites (tertiary alicyclic amines) is 1. The third kappa shape index (κ3) is 4.89. The van der Waals surface area contributed by atoms with Crippen molar-refractivity contribution in [2.75, 3.05) is 27.2 Å². The van der Waals surface area contributed by atoms with Crippen LogP contribution < -0.4 is 5.32 Å². The zero-order valence-electron chi connectivity index (χ0n) is 12.9. The molecule has 1 heterocycles. The summed E-state index contributed by atoms with van der Waals surface area (Å²) >= 11 is 0. The second kappa shape index (κ2) is 8.40. The predicted octanol–water partition coefficient (Wildman–Crippen LogP) is 2.80.